The van der Waals surface area contributed by atoms with Crippen LogP contribution in [0.4, 0.5) is 0 Å². The van der Waals surface area contributed by atoms with Gasteiger partial charge in [0.15, 0.2) is 0 Å². The molecule has 0 unspecified atom stereocenters. The van der Waals surface area contributed by atoms with Gasteiger partial charge in [0.25, 0.3) is 0 Å². The molecule has 0 atom stereocenters. The van der Waals surface area contributed by atoms with E-state index in [9.17, 15) is 0 Å². The van der Waals surface area contributed by atoms with E-state index >= 15 is 0 Å². The first-order valence-corrected chi connectivity index (χ1v) is 7.29. The van der Waals surface area contributed by atoms with E-state index in [1.165, 1.54) is 51.4 Å². The molecule has 0 radical (unpaired) electrons. The van der Waals surface area contributed by atoms with E-state index < -0.39 is 0 Å². The highest BCUT2D eigenvalue weighted by Crippen LogP contribution is 2.12. The van der Waals surface area contributed by atoms with Gasteiger partial charge in [0, 0.05) is 0 Å². The van der Waals surface area contributed by atoms with E-state index in [1.807, 2.05) is 6.08 Å². The molecule has 0 saturated carbocycles. The van der Waals surface area contributed by atoms with Crippen LogP contribution in [0.5, 0.6) is 0 Å². The molecule has 0 amide bonds. The third-order valence-electron chi connectivity index (χ3n) is 3.03. The molecule has 0 aromatic rings. The maximum atomic E-state index is 8.34. The summed E-state index contributed by atoms with van der Waals surface area (Å²) in [6.45, 7) is 4.61. The Hall–Kier alpha value is -0.770. The fourth-order valence-corrected chi connectivity index (χ4v) is 1.95. The fraction of sp³-hybridized carbons (Fsp3) is 0.812. The molecule has 0 heterocycles. The zero-order valence-corrected chi connectivity index (χ0v) is 11.8. The monoisotopic (exact) mass is 235 g/mol. The van der Waals surface area contributed by atoms with E-state index in [0.29, 0.717) is 6.42 Å². The predicted molar refractivity (Wildman–Crippen MR) is 75.8 cm³/mol. The number of allylic oxidation sites excluding steroid dienone is 2. The van der Waals surface area contributed by atoms with Crippen molar-refractivity contribution in [3.05, 3.63) is 12.2 Å². The Bertz CT molecular complexity index is 210. The largest absolute Gasteiger partial charge is 0.198 e. The number of hydrogen-bond donors (Lipinski definition) is 0. The Labute approximate surface area is 108 Å². The third kappa shape index (κ3) is 15.2. The topological polar surface area (TPSA) is 23.8 Å². The zero-order valence-electron chi connectivity index (χ0n) is 11.8. The van der Waals surface area contributed by atoms with Crippen molar-refractivity contribution in [2.75, 3.05) is 0 Å². The van der Waals surface area contributed by atoms with Gasteiger partial charge in [0.05, 0.1) is 12.5 Å². The molecule has 0 bridgehead atoms. The van der Waals surface area contributed by atoms with E-state index in [0.717, 1.165) is 12.3 Å². The second-order valence-electron chi connectivity index (χ2n) is 5.28. The molecule has 0 fully saturated rings. The summed E-state index contributed by atoms with van der Waals surface area (Å²) in [5.74, 6) is 0.871. The van der Waals surface area contributed by atoms with Crippen LogP contribution in [0.3, 0.4) is 0 Å². The minimum Gasteiger partial charge on any atom is -0.198 e. The summed E-state index contributed by atoms with van der Waals surface area (Å²) in [5, 5.41) is 8.34. The van der Waals surface area contributed by atoms with Gasteiger partial charge in [-0.2, -0.15) is 5.26 Å². The fourth-order valence-electron chi connectivity index (χ4n) is 1.95. The zero-order chi connectivity index (χ0) is 12.8. The first kappa shape index (κ1) is 16.2. The smallest absolute Gasteiger partial charge is 0.0663 e. The second-order valence-corrected chi connectivity index (χ2v) is 5.28. The van der Waals surface area contributed by atoms with Crippen LogP contribution in [-0.4, -0.2) is 0 Å². The molecule has 98 valence electrons. The molecular weight excluding hydrogens is 206 g/mol. The first-order valence-electron chi connectivity index (χ1n) is 7.29. The van der Waals surface area contributed by atoms with Crippen LogP contribution in [-0.2, 0) is 0 Å². The van der Waals surface area contributed by atoms with Gasteiger partial charge in [0.2, 0.25) is 0 Å². The van der Waals surface area contributed by atoms with Crippen LogP contribution in [0.25, 0.3) is 0 Å². The summed E-state index contributed by atoms with van der Waals surface area (Å²) in [6, 6.07) is 2.12. The summed E-state index contributed by atoms with van der Waals surface area (Å²) < 4.78 is 0. The Morgan fingerprint density at radius 2 is 1.47 bits per heavy atom. The average molecular weight is 235 g/mol. The van der Waals surface area contributed by atoms with Crippen molar-refractivity contribution in [2.45, 2.75) is 78.1 Å². The third-order valence-corrected chi connectivity index (χ3v) is 3.03. The number of hydrogen-bond acceptors (Lipinski definition) is 1. The maximum absolute atomic E-state index is 8.34. The maximum Gasteiger partial charge on any atom is 0.0663 e. The van der Waals surface area contributed by atoms with Gasteiger partial charge in [-0.15, -0.1) is 0 Å². The van der Waals surface area contributed by atoms with Crippen LogP contribution >= 0.6 is 0 Å². The predicted octanol–water partition coefficient (Wildman–Crippen LogP) is 5.62. The lowest BCUT2D eigenvalue weighted by Gasteiger charge is -2.04. The molecule has 0 spiro atoms. The molecule has 0 aliphatic rings. The van der Waals surface area contributed by atoms with Gasteiger partial charge in [-0.1, -0.05) is 70.9 Å². The number of unbranched alkanes of at least 4 members (excludes halogenated alkanes) is 7. The molecular formula is C16H29N. The van der Waals surface area contributed by atoms with E-state index in [1.54, 1.807) is 0 Å². The van der Waals surface area contributed by atoms with Crippen LogP contribution in [0.15, 0.2) is 12.2 Å². The molecule has 0 aliphatic heterocycles. The summed E-state index contributed by atoms with van der Waals surface area (Å²) >= 11 is 0. The van der Waals surface area contributed by atoms with Crippen LogP contribution < -0.4 is 0 Å². The molecule has 0 rings (SSSR count). The molecule has 1 nitrogen and oxygen atoms in total. The summed E-state index contributed by atoms with van der Waals surface area (Å²) in [6.07, 6.45) is 16.9. The van der Waals surface area contributed by atoms with Gasteiger partial charge in [-0.3, -0.25) is 0 Å². The molecule has 0 N–H and O–H groups in total. The van der Waals surface area contributed by atoms with Crippen LogP contribution in [0.2, 0.25) is 0 Å². The number of rotatable bonds is 11. The lowest BCUT2D eigenvalue weighted by Crippen LogP contribution is -1.87. The van der Waals surface area contributed by atoms with Crippen molar-refractivity contribution in [2.24, 2.45) is 5.92 Å². The van der Waals surface area contributed by atoms with Crippen LogP contribution in [0, 0.1) is 17.2 Å². The lowest BCUT2D eigenvalue weighted by atomic mass is 10.0. The Balaban J connectivity index is 3.01. The van der Waals surface area contributed by atoms with Gasteiger partial charge in [-0.05, 0) is 18.8 Å². The van der Waals surface area contributed by atoms with Gasteiger partial charge >= 0.3 is 0 Å². The van der Waals surface area contributed by atoms with Gasteiger partial charge in [-0.25, -0.2) is 0 Å². The van der Waals surface area contributed by atoms with Crippen molar-refractivity contribution in [3.63, 3.8) is 0 Å². The van der Waals surface area contributed by atoms with E-state index in [2.05, 4.69) is 26.0 Å². The average Bonchev–Trinajstić information content (AvgIpc) is 2.30. The highest BCUT2D eigenvalue weighted by atomic mass is 14.2. The SMILES string of the molecule is CC(C)CCCCCCCCCC=CCC#N. The molecule has 1 heteroatoms. The number of nitrogens with zero attached hydrogens (tertiary/aromatic N) is 1. The first-order chi connectivity index (χ1) is 8.27. The van der Waals surface area contributed by atoms with Crippen molar-refractivity contribution in [1.82, 2.24) is 0 Å². The van der Waals surface area contributed by atoms with Crippen molar-refractivity contribution < 1.29 is 0 Å². The standard InChI is InChI=1S/C16H29N/c1-16(2)14-12-10-8-6-4-3-5-7-9-11-13-15-17/h9,11,16H,3-8,10,12-14H2,1-2H3. The molecule has 0 saturated heterocycles. The van der Waals surface area contributed by atoms with Gasteiger partial charge in [0.1, 0.15) is 0 Å². The summed E-state index contributed by atoms with van der Waals surface area (Å²) in [5.41, 5.74) is 0. The van der Waals surface area contributed by atoms with Gasteiger partial charge < -0.3 is 0 Å². The second kappa shape index (κ2) is 13.3. The van der Waals surface area contributed by atoms with E-state index in [4.69, 9.17) is 5.26 Å². The normalized spacial score (nSPS) is 11.2. The number of nitriles is 1. The molecule has 0 aromatic carbocycles. The molecule has 0 aromatic heterocycles. The Kier molecular flexibility index (Phi) is 12.7. The summed E-state index contributed by atoms with van der Waals surface area (Å²) in [7, 11) is 0. The Morgan fingerprint density at radius 1 is 0.882 bits per heavy atom. The van der Waals surface area contributed by atoms with Crippen molar-refractivity contribution in [1.29, 1.82) is 5.26 Å². The highest BCUT2D eigenvalue weighted by Gasteiger charge is 1.94. The highest BCUT2D eigenvalue weighted by molar-refractivity contribution is 4.90. The Morgan fingerprint density at radius 3 is 2.06 bits per heavy atom. The minimum atomic E-state index is 0.565. The van der Waals surface area contributed by atoms with E-state index in [-0.39, 0.29) is 0 Å². The van der Waals surface area contributed by atoms with Crippen LogP contribution in [0.1, 0.15) is 78.1 Å². The van der Waals surface area contributed by atoms with Crippen molar-refractivity contribution in [3.8, 4) is 6.07 Å². The minimum absolute atomic E-state index is 0.565. The summed E-state index contributed by atoms with van der Waals surface area (Å²) in [4.78, 5) is 0. The molecule has 0 aliphatic carbocycles. The van der Waals surface area contributed by atoms with Crippen molar-refractivity contribution >= 4 is 0 Å². The quantitative estimate of drug-likeness (QED) is 0.336. The lowest BCUT2D eigenvalue weighted by molar-refractivity contribution is 0.509. The molecule has 17 heavy (non-hydrogen) atoms.